The van der Waals surface area contributed by atoms with Crippen LogP contribution in [0.15, 0.2) is 59.8 Å². The molecule has 0 unspecified atom stereocenters. The number of pyridine rings is 1. The molecule has 1 N–H and O–H groups in total. The Labute approximate surface area is 146 Å². The third kappa shape index (κ3) is 3.54. The number of imidazole rings is 1. The van der Waals surface area contributed by atoms with Crippen molar-refractivity contribution >= 4 is 21.6 Å². The highest BCUT2D eigenvalue weighted by Gasteiger charge is 2.18. The predicted octanol–water partition coefficient (Wildman–Crippen LogP) is 1.51. The van der Waals surface area contributed by atoms with Crippen molar-refractivity contribution in [2.45, 2.75) is 11.4 Å². The predicted molar refractivity (Wildman–Crippen MR) is 93.7 cm³/mol. The molecule has 3 rings (SSSR count). The second-order valence-electron chi connectivity index (χ2n) is 5.70. The van der Waals surface area contributed by atoms with Crippen molar-refractivity contribution < 1.29 is 13.2 Å². The van der Waals surface area contributed by atoms with E-state index < -0.39 is 10.0 Å². The Morgan fingerprint density at radius 2 is 2.00 bits per heavy atom. The fraction of sp³-hybridized carbons (Fsp3) is 0.176. The van der Waals surface area contributed by atoms with E-state index in [9.17, 15) is 13.2 Å². The molecule has 0 aliphatic carbocycles. The molecule has 0 atom stereocenters. The monoisotopic (exact) mass is 358 g/mol. The van der Waals surface area contributed by atoms with E-state index in [1.54, 1.807) is 12.1 Å². The minimum absolute atomic E-state index is 0.0814. The lowest BCUT2D eigenvalue weighted by Gasteiger charge is -2.12. The van der Waals surface area contributed by atoms with Crippen molar-refractivity contribution in [1.82, 2.24) is 19.0 Å². The summed E-state index contributed by atoms with van der Waals surface area (Å²) >= 11 is 0. The van der Waals surface area contributed by atoms with Crippen molar-refractivity contribution in [1.29, 1.82) is 0 Å². The largest absolute Gasteiger partial charge is 0.346 e. The minimum atomic E-state index is -3.58. The molecule has 0 aliphatic rings. The fourth-order valence-electron chi connectivity index (χ4n) is 2.35. The van der Waals surface area contributed by atoms with Crippen LogP contribution >= 0.6 is 0 Å². The van der Waals surface area contributed by atoms with Gasteiger partial charge in [-0.1, -0.05) is 12.1 Å². The molecule has 8 heteroatoms. The first kappa shape index (κ1) is 17.1. The number of carbonyl (C=O) groups excluding carboxylic acids is 1. The molecule has 25 heavy (non-hydrogen) atoms. The summed E-state index contributed by atoms with van der Waals surface area (Å²) in [5.41, 5.74) is 1.80. The molecule has 0 aliphatic heterocycles. The number of carbonyl (C=O) groups is 1. The highest BCUT2D eigenvalue weighted by molar-refractivity contribution is 7.89. The Morgan fingerprint density at radius 1 is 1.20 bits per heavy atom. The quantitative estimate of drug-likeness (QED) is 0.749. The number of nitrogens with one attached hydrogen (secondary N) is 1. The molecule has 1 amide bonds. The zero-order chi connectivity index (χ0) is 18.0. The molecule has 0 saturated heterocycles. The van der Waals surface area contributed by atoms with Crippen molar-refractivity contribution in [2.24, 2.45) is 0 Å². The summed E-state index contributed by atoms with van der Waals surface area (Å²) in [5, 5.41) is 2.76. The van der Waals surface area contributed by atoms with Crippen molar-refractivity contribution in [2.75, 3.05) is 14.1 Å². The van der Waals surface area contributed by atoms with Gasteiger partial charge >= 0.3 is 0 Å². The Balaban J connectivity index is 1.75. The normalized spacial score (nSPS) is 11.8. The summed E-state index contributed by atoms with van der Waals surface area (Å²) in [6.07, 6.45) is 3.71. The average Bonchev–Trinajstić information content (AvgIpc) is 3.02. The maximum Gasteiger partial charge on any atom is 0.251 e. The van der Waals surface area contributed by atoms with Gasteiger partial charge in [0, 0.05) is 32.1 Å². The summed E-state index contributed by atoms with van der Waals surface area (Å²) in [5.74, 6) is -0.354. The zero-order valence-electron chi connectivity index (χ0n) is 13.9. The first-order valence-electron chi connectivity index (χ1n) is 7.61. The Morgan fingerprint density at radius 3 is 2.72 bits per heavy atom. The van der Waals surface area contributed by atoms with Gasteiger partial charge in [-0.25, -0.2) is 17.7 Å². The van der Waals surface area contributed by atoms with Crippen LogP contribution in [-0.4, -0.2) is 42.1 Å². The van der Waals surface area contributed by atoms with Gasteiger partial charge in [0.05, 0.1) is 17.1 Å². The summed E-state index contributed by atoms with van der Waals surface area (Å²) < 4.78 is 27.3. The lowest BCUT2D eigenvalue weighted by atomic mass is 10.2. The van der Waals surface area contributed by atoms with E-state index in [1.165, 1.54) is 26.2 Å². The maximum absolute atomic E-state index is 12.3. The Kier molecular flexibility index (Phi) is 4.56. The van der Waals surface area contributed by atoms with Crippen LogP contribution in [0, 0.1) is 0 Å². The summed E-state index contributed by atoms with van der Waals surface area (Å²) in [4.78, 5) is 16.8. The molecule has 7 nitrogen and oxygen atoms in total. The molecule has 3 aromatic rings. The molecule has 0 radical (unpaired) electrons. The van der Waals surface area contributed by atoms with Crippen LogP contribution in [0.25, 0.3) is 5.65 Å². The van der Waals surface area contributed by atoms with Crippen LogP contribution < -0.4 is 5.32 Å². The summed E-state index contributed by atoms with van der Waals surface area (Å²) in [6.45, 7) is 0.255. The zero-order valence-corrected chi connectivity index (χ0v) is 14.7. The molecule has 2 aromatic heterocycles. The van der Waals surface area contributed by atoms with Crippen LogP contribution in [0.5, 0.6) is 0 Å². The number of nitrogens with zero attached hydrogens (tertiary/aromatic N) is 3. The molecular weight excluding hydrogens is 340 g/mol. The van der Waals surface area contributed by atoms with Crippen LogP contribution in [0.4, 0.5) is 0 Å². The van der Waals surface area contributed by atoms with Crippen molar-refractivity contribution in [3.8, 4) is 0 Å². The van der Waals surface area contributed by atoms with E-state index in [2.05, 4.69) is 10.3 Å². The molecule has 0 fully saturated rings. The summed E-state index contributed by atoms with van der Waals surface area (Å²) in [6, 6.07) is 11.6. The van der Waals surface area contributed by atoms with E-state index in [4.69, 9.17) is 0 Å². The van der Waals surface area contributed by atoms with Crippen LogP contribution in [0.3, 0.4) is 0 Å². The van der Waals surface area contributed by atoms with Gasteiger partial charge in [-0.05, 0) is 30.3 Å². The van der Waals surface area contributed by atoms with Crippen LogP contribution in [0.1, 0.15) is 16.1 Å². The Hall–Kier alpha value is -2.71. The van der Waals surface area contributed by atoms with Gasteiger partial charge in [-0.2, -0.15) is 0 Å². The first-order valence-corrected chi connectivity index (χ1v) is 9.05. The van der Waals surface area contributed by atoms with E-state index in [-0.39, 0.29) is 22.9 Å². The Bertz CT molecular complexity index is 992. The number of aromatic nitrogens is 2. The van der Waals surface area contributed by atoms with Gasteiger partial charge in [-0.3, -0.25) is 4.79 Å². The van der Waals surface area contributed by atoms with E-state index in [0.29, 0.717) is 0 Å². The van der Waals surface area contributed by atoms with Crippen molar-refractivity contribution in [3.63, 3.8) is 0 Å². The average molecular weight is 358 g/mol. The third-order valence-electron chi connectivity index (χ3n) is 3.72. The number of amides is 1. The van der Waals surface area contributed by atoms with E-state index in [0.717, 1.165) is 15.6 Å². The standard InChI is InChI=1S/C17H18N4O3S/c1-20(2)25(23,24)15-7-5-6-13(10-15)17(22)18-11-14-12-21-9-4-3-8-16(21)19-14/h3-10,12H,11H2,1-2H3,(H,18,22). The van der Waals surface area contributed by atoms with Gasteiger partial charge in [0.15, 0.2) is 0 Å². The summed E-state index contributed by atoms with van der Waals surface area (Å²) in [7, 11) is -0.680. The van der Waals surface area contributed by atoms with Gasteiger partial charge < -0.3 is 9.72 Å². The minimum Gasteiger partial charge on any atom is -0.346 e. The van der Waals surface area contributed by atoms with Gasteiger partial charge in [0.25, 0.3) is 5.91 Å². The molecule has 130 valence electrons. The number of benzene rings is 1. The third-order valence-corrected chi connectivity index (χ3v) is 5.53. The van der Waals surface area contributed by atoms with Gasteiger partial charge in [0.1, 0.15) is 5.65 Å². The maximum atomic E-state index is 12.3. The molecule has 1 aromatic carbocycles. The van der Waals surface area contributed by atoms with Crippen LogP contribution in [0.2, 0.25) is 0 Å². The number of rotatable bonds is 5. The SMILES string of the molecule is CN(C)S(=O)(=O)c1cccc(C(=O)NCc2cn3ccccc3n2)c1. The first-order chi connectivity index (χ1) is 11.9. The van der Waals surface area contributed by atoms with Gasteiger partial charge in [0.2, 0.25) is 10.0 Å². The van der Waals surface area contributed by atoms with Gasteiger partial charge in [-0.15, -0.1) is 0 Å². The second-order valence-corrected chi connectivity index (χ2v) is 7.85. The van der Waals surface area contributed by atoms with Crippen molar-refractivity contribution in [3.05, 3.63) is 66.1 Å². The number of hydrogen-bond acceptors (Lipinski definition) is 4. The van der Waals surface area contributed by atoms with E-state index >= 15 is 0 Å². The fourth-order valence-corrected chi connectivity index (χ4v) is 3.30. The second kappa shape index (κ2) is 6.66. The number of fused-ring (bicyclic) bond motifs is 1. The smallest absolute Gasteiger partial charge is 0.251 e. The lowest BCUT2D eigenvalue weighted by molar-refractivity contribution is 0.0950. The highest BCUT2D eigenvalue weighted by atomic mass is 32.2. The lowest BCUT2D eigenvalue weighted by Crippen LogP contribution is -2.25. The molecule has 0 saturated carbocycles. The molecular formula is C17H18N4O3S. The number of hydrogen-bond donors (Lipinski definition) is 1. The van der Waals surface area contributed by atoms with Crippen LogP contribution in [-0.2, 0) is 16.6 Å². The number of sulfonamides is 1. The molecule has 2 heterocycles. The van der Waals surface area contributed by atoms with E-state index in [1.807, 2.05) is 35.0 Å². The highest BCUT2D eigenvalue weighted by Crippen LogP contribution is 2.15. The topological polar surface area (TPSA) is 83.8 Å². The molecule has 0 bridgehead atoms. The molecule has 0 spiro atoms.